The summed E-state index contributed by atoms with van der Waals surface area (Å²) in [6.45, 7) is 5.12. The number of nitrogens with zero attached hydrogens (tertiary/aromatic N) is 3. The second-order valence-electron chi connectivity index (χ2n) is 6.61. The number of aryl methyl sites for hydroxylation is 1. The van der Waals surface area contributed by atoms with Crippen LogP contribution in [0.25, 0.3) is 0 Å². The first-order chi connectivity index (χ1) is 12.2. The molecule has 0 N–H and O–H groups in total. The zero-order valence-electron chi connectivity index (χ0n) is 14.9. The van der Waals surface area contributed by atoms with Crippen LogP contribution >= 0.6 is 0 Å². The molecule has 0 bridgehead atoms. The van der Waals surface area contributed by atoms with Crippen molar-refractivity contribution in [3.63, 3.8) is 0 Å². The van der Waals surface area contributed by atoms with Gasteiger partial charge in [0.25, 0.3) is 11.8 Å². The van der Waals surface area contributed by atoms with Gasteiger partial charge in [-0.05, 0) is 30.9 Å². The first kappa shape index (κ1) is 17.4. The SMILES string of the molecule is CCC(CC)C(CCCn1ccnc1)N1C(=O)c2ccccc2C1=O. The molecule has 5 nitrogen and oxygen atoms in total. The highest BCUT2D eigenvalue weighted by Crippen LogP contribution is 2.31. The highest BCUT2D eigenvalue weighted by atomic mass is 16.2. The van der Waals surface area contributed by atoms with Crippen LogP contribution in [0.4, 0.5) is 0 Å². The molecule has 1 aromatic carbocycles. The first-order valence-corrected chi connectivity index (χ1v) is 9.10. The number of aromatic nitrogens is 2. The number of imide groups is 1. The van der Waals surface area contributed by atoms with E-state index in [9.17, 15) is 9.59 Å². The van der Waals surface area contributed by atoms with Crippen molar-refractivity contribution in [1.82, 2.24) is 14.5 Å². The lowest BCUT2D eigenvalue weighted by Crippen LogP contribution is -2.44. The zero-order valence-corrected chi connectivity index (χ0v) is 14.9. The van der Waals surface area contributed by atoms with Gasteiger partial charge in [0.15, 0.2) is 0 Å². The largest absolute Gasteiger partial charge is 0.337 e. The van der Waals surface area contributed by atoms with Gasteiger partial charge in [-0.25, -0.2) is 4.98 Å². The Kier molecular flexibility index (Phi) is 5.31. The number of carbonyl (C=O) groups excluding carboxylic acids is 2. The summed E-state index contributed by atoms with van der Waals surface area (Å²) in [7, 11) is 0. The lowest BCUT2D eigenvalue weighted by atomic mass is 9.89. The molecule has 5 heteroatoms. The first-order valence-electron chi connectivity index (χ1n) is 9.10. The Balaban J connectivity index is 1.79. The van der Waals surface area contributed by atoms with Crippen molar-refractivity contribution in [3.8, 4) is 0 Å². The fourth-order valence-electron chi connectivity index (χ4n) is 3.82. The van der Waals surface area contributed by atoms with E-state index in [0.29, 0.717) is 17.0 Å². The van der Waals surface area contributed by atoms with Gasteiger partial charge in [-0.3, -0.25) is 14.5 Å². The number of benzene rings is 1. The molecule has 3 rings (SSSR count). The van der Waals surface area contributed by atoms with E-state index in [0.717, 1.165) is 32.2 Å². The molecule has 2 aromatic rings. The van der Waals surface area contributed by atoms with Gasteiger partial charge in [-0.15, -0.1) is 0 Å². The molecule has 0 spiro atoms. The Labute approximate surface area is 148 Å². The summed E-state index contributed by atoms with van der Waals surface area (Å²) < 4.78 is 2.03. The standard InChI is InChI=1S/C20H25N3O2/c1-3-15(4-2)18(10-7-12-22-13-11-21-14-22)23-19(24)16-8-5-6-9-17(16)20(23)25/h5-6,8-9,11,13-15,18H,3-4,7,10,12H2,1-2H3. The predicted molar refractivity (Wildman–Crippen MR) is 96.3 cm³/mol. The summed E-state index contributed by atoms with van der Waals surface area (Å²) in [6.07, 6.45) is 9.14. The number of carbonyl (C=O) groups is 2. The van der Waals surface area contributed by atoms with Crippen LogP contribution in [0.5, 0.6) is 0 Å². The smallest absolute Gasteiger partial charge is 0.261 e. The van der Waals surface area contributed by atoms with E-state index in [1.54, 1.807) is 24.7 Å². The van der Waals surface area contributed by atoms with Crippen LogP contribution in [-0.2, 0) is 6.54 Å². The molecule has 2 heterocycles. The van der Waals surface area contributed by atoms with Gasteiger partial charge in [-0.2, -0.15) is 0 Å². The molecule has 1 aromatic heterocycles. The average Bonchev–Trinajstić information content (AvgIpc) is 3.23. The molecular weight excluding hydrogens is 314 g/mol. The molecule has 2 amide bonds. The molecule has 132 valence electrons. The van der Waals surface area contributed by atoms with Crippen LogP contribution < -0.4 is 0 Å². The van der Waals surface area contributed by atoms with Crippen molar-refractivity contribution < 1.29 is 9.59 Å². The lowest BCUT2D eigenvalue weighted by molar-refractivity contribution is 0.0503. The molecule has 1 atom stereocenters. The average molecular weight is 339 g/mol. The second-order valence-corrected chi connectivity index (χ2v) is 6.61. The van der Waals surface area contributed by atoms with Crippen molar-refractivity contribution in [1.29, 1.82) is 0 Å². The van der Waals surface area contributed by atoms with Crippen molar-refractivity contribution in [2.24, 2.45) is 5.92 Å². The van der Waals surface area contributed by atoms with E-state index in [4.69, 9.17) is 0 Å². The minimum atomic E-state index is -0.139. The van der Waals surface area contributed by atoms with E-state index in [2.05, 4.69) is 18.8 Å². The van der Waals surface area contributed by atoms with Crippen LogP contribution in [-0.4, -0.2) is 32.3 Å². The topological polar surface area (TPSA) is 55.2 Å². The van der Waals surface area contributed by atoms with E-state index in [1.165, 1.54) is 4.90 Å². The molecule has 25 heavy (non-hydrogen) atoms. The van der Waals surface area contributed by atoms with Crippen LogP contribution in [0.1, 0.15) is 60.2 Å². The molecule has 0 radical (unpaired) electrons. The number of hydrogen-bond donors (Lipinski definition) is 0. The summed E-state index contributed by atoms with van der Waals surface area (Å²) >= 11 is 0. The van der Waals surface area contributed by atoms with Crippen molar-refractivity contribution in [2.75, 3.05) is 0 Å². The van der Waals surface area contributed by atoms with Gasteiger partial charge in [0.2, 0.25) is 0 Å². The van der Waals surface area contributed by atoms with Crippen LogP contribution in [0.3, 0.4) is 0 Å². The Bertz CT molecular complexity index is 700. The number of imidazole rings is 1. The number of rotatable bonds is 8. The number of amides is 2. The normalized spacial score (nSPS) is 15.1. The highest BCUT2D eigenvalue weighted by molar-refractivity contribution is 6.21. The molecule has 0 saturated heterocycles. The monoisotopic (exact) mass is 339 g/mol. The van der Waals surface area contributed by atoms with Crippen LogP contribution in [0, 0.1) is 5.92 Å². The van der Waals surface area contributed by atoms with Gasteiger partial charge < -0.3 is 4.57 Å². The Hall–Kier alpha value is -2.43. The van der Waals surface area contributed by atoms with E-state index in [1.807, 2.05) is 22.9 Å². The fraction of sp³-hybridized carbons (Fsp3) is 0.450. The minimum Gasteiger partial charge on any atom is -0.337 e. The summed E-state index contributed by atoms with van der Waals surface area (Å²) in [4.78, 5) is 31.3. The maximum absolute atomic E-state index is 12.9. The summed E-state index contributed by atoms with van der Waals surface area (Å²) in [5.41, 5.74) is 1.08. The third kappa shape index (κ3) is 3.36. The Morgan fingerprint density at radius 1 is 1.04 bits per heavy atom. The summed E-state index contributed by atoms with van der Waals surface area (Å²) in [6, 6.07) is 7.10. The maximum atomic E-state index is 12.9. The van der Waals surface area contributed by atoms with E-state index in [-0.39, 0.29) is 17.9 Å². The fourth-order valence-corrected chi connectivity index (χ4v) is 3.82. The quantitative estimate of drug-likeness (QED) is 0.688. The number of hydrogen-bond acceptors (Lipinski definition) is 3. The highest BCUT2D eigenvalue weighted by Gasteiger charge is 2.41. The Morgan fingerprint density at radius 2 is 1.68 bits per heavy atom. The zero-order chi connectivity index (χ0) is 17.8. The van der Waals surface area contributed by atoms with Gasteiger partial charge in [0.1, 0.15) is 0 Å². The van der Waals surface area contributed by atoms with Crippen molar-refractivity contribution >= 4 is 11.8 Å². The van der Waals surface area contributed by atoms with Crippen molar-refractivity contribution in [2.45, 2.75) is 52.1 Å². The Morgan fingerprint density at radius 3 is 2.20 bits per heavy atom. The van der Waals surface area contributed by atoms with Crippen LogP contribution in [0.2, 0.25) is 0 Å². The van der Waals surface area contributed by atoms with Gasteiger partial charge >= 0.3 is 0 Å². The third-order valence-electron chi connectivity index (χ3n) is 5.23. The minimum absolute atomic E-state index is 0.0501. The van der Waals surface area contributed by atoms with E-state index >= 15 is 0 Å². The molecule has 1 aliphatic heterocycles. The molecule has 0 saturated carbocycles. The van der Waals surface area contributed by atoms with Crippen LogP contribution in [0.15, 0.2) is 43.0 Å². The number of fused-ring (bicyclic) bond motifs is 1. The predicted octanol–water partition coefficient (Wildman–Crippen LogP) is 3.76. The molecule has 0 aliphatic carbocycles. The van der Waals surface area contributed by atoms with E-state index < -0.39 is 0 Å². The van der Waals surface area contributed by atoms with Gasteiger partial charge in [-0.1, -0.05) is 38.8 Å². The maximum Gasteiger partial charge on any atom is 0.261 e. The lowest BCUT2D eigenvalue weighted by Gasteiger charge is -2.32. The molecule has 1 unspecified atom stereocenters. The van der Waals surface area contributed by atoms with Gasteiger partial charge in [0.05, 0.1) is 17.5 Å². The van der Waals surface area contributed by atoms with Gasteiger partial charge in [0, 0.05) is 25.0 Å². The second kappa shape index (κ2) is 7.64. The summed E-state index contributed by atoms with van der Waals surface area (Å²) in [5, 5.41) is 0. The molecule has 0 fully saturated rings. The third-order valence-corrected chi connectivity index (χ3v) is 5.23. The molecule has 1 aliphatic rings. The summed E-state index contributed by atoms with van der Waals surface area (Å²) in [5.74, 6) is 0.0465. The van der Waals surface area contributed by atoms with Crippen molar-refractivity contribution in [3.05, 3.63) is 54.1 Å². The molecular formula is C20H25N3O2.